The first-order valence-electron chi connectivity index (χ1n) is 6.93. The van der Waals surface area contributed by atoms with Crippen molar-refractivity contribution in [1.82, 2.24) is 4.90 Å². The lowest BCUT2D eigenvalue weighted by molar-refractivity contribution is -0.150. The molecule has 0 aliphatic carbocycles. The largest absolute Gasteiger partial charge is 0.434 e. The second-order valence-corrected chi connectivity index (χ2v) is 5.84. The minimum absolute atomic E-state index is 0.0604. The van der Waals surface area contributed by atoms with Crippen LogP contribution in [0.1, 0.15) is 19.4 Å². The Balaban J connectivity index is 2.10. The predicted octanol–water partition coefficient (Wildman–Crippen LogP) is 2.26. The zero-order chi connectivity index (χ0) is 15.5. The van der Waals surface area contributed by atoms with Gasteiger partial charge in [0.15, 0.2) is 0 Å². The highest BCUT2D eigenvalue weighted by Crippen LogP contribution is 2.26. The molecule has 1 saturated heterocycles. The van der Waals surface area contributed by atoms with E-state index in [2.05, 4.69) is 9.64 Å². The Morgan fingerprint density at radius 1 is 1.43 bits per heavy atom. The Bertz CT molecular complexity index is 468. The minimum Gasteiger partial charge on any atom is -0.434 e. The Kier molecular flexibility index (Phi) is 5.13. The molecule has 1 aromatic carbocycles. The molecule has 6 heteroatoms. The minimum atomic E-state index is -2.84. The summed E-state index contributed by atoms with van der Waals surface area (Å²) in [6.07, 6.45) is -0.267. The number of rotatable bonds is 5. The first kappa shape index (κ1) is 16.1. The van der Waals surface area contributed by atoms with Gasteiger partial charge in [0, 0.05) is 25.2 Å². The molecule has 1 N–H and O–H groups in total. The molecule has 0 aromatic heterocycles. The quantitative estimate of drug-likeness (QED) is 0.906. The summed E-state index contributed by atoms with van der Waals surface area (Å²) in [5.74, 6) is 0.192. The fraction of sp³-hybridized carbons (Fsp3) is 0.600. The van der Waals surface area contributed by atoms with Crippen LogP contribution in [0.4, 0.5) is 8.78 Å². The van der Waals surface area contributed by atoms with Crippen molar-refractivity contribution in [2.45, 2.75) is 38.7 Å². The smallest absolute Gasteiger partial charge is 0.387 e. The van der Waals surface area contributed by atoms with E-state index in [0.717, 1.165) is 0 Å². The van der Waals surface area contributed by atoms with Crippen LogP contribution in [0.25, 0.3) is 0 Å². The van der Waals surface area contributed by atoms with Crippen molar-refractivity contribution in [2.24, 2.45) is 0 Å². The van der Waals surface area contributed by atoms with Gasteiger partial charge in [-0.25, -0.2) is 0 Å². The number of aliphatic hydroxyl groups is 1. The number of halogens is 2. The molecule has 21 heavy (non-hydrogen) atoms. The summed E-state index contributed by atoms with van der Waals surface area (Å²) in [5.41, 5.74) is 0.316. The lowest BCUT2D eigenvalue weighted by Crippen LogP contribution is -2.53. The van der Waals surface area contributed by atoms with Crippen LogP contribution in [0.2, 0.25) is 0 Å². The van der Waals surface area contributed by atoms with Gasteiger partial charge in [0.2, 0.25) is 0 Å². The van der Waals surface area contributed by atoms with Crippen molar-refractivity contribution in [2.75, 3.05) is 19.7 Å². The van der Waals surface area contributed by atoms with Crippen LogP contribution in [0, 0.1) is 0 Å². The van der Waals surface area contributed by atoms with Crippen molar-refractivity contribution in [3.63, 3.8) is 0 Å². The number of alkyl halides is 2. The Hall–Kier alpha value is -1.24. The van der Waals surface area contributed by atoms with Gasteiger partial charge < -0.3 is 14.6 Å². The number of aliphatic hydroxyl groups excluding tert-OH is 1. The maximum atomic E-state index is 12.4. The van der Waals surface area contributed by atoms with Crippen LogP contribution in [-0.4, -0.2) is 48.0 Å². The van der Waals surface area contributed by atoms with E-state index in [1.807, 2.05) is 13.8 Å². The van der Waals surface area contributed by atoms with Crippen LogP contribution in [-0.2, 0) is 11.3 Å². The Morgan fingerprint density at radius 3 is 2.81 bits per heavy atom. The van der Waals surface area contributed by atoms with Crippen LogP contribution in [0.3, 0.4) is 0 Å². The van der Waals surface area contributed by atoms with Crippen molar-refractivity contribution >= 4 is 0 Å². The molecule has 1 fully saturated rings. The second kappa shape index (κ2) is 6.68. The van der Waals surface area contributed by atoms with Crippen molar-refractivity contribution in [3.8, 4) is 5.75 Å². The van der Waals surface area contributed by atoms with E-state index in [1.54, 1.807) is 18.2 Å². The Morgan fingerprint density at radius 2 is 2.14 bits per heavy atom. The molecule has 1 aromatic rings. The normalized spacial score (nSPS) is 22.5. The van der Waals surface area contributed by atoms with Crippen molar-refractivity contribution < 1.29 is 23.4 Å². The van der Waals surface area contributed by atoms with Crippen LogP contribution in [0.5, 0.6) is 5.75 Å². The molecule has 1 aliphatic rings. The first-order valence-corrected chi connectivity index (χ1v) is 6.93. The molecule has 4 nitrogen and oxygen atoms in total. The molecule has 1 atom stereocenters. The molecule has 1 aliphatic heterocycles. The third-order valence-electron chi connectivity index (χ3n) is 3.34. The van der Waals surface area contributed by atoms with Gasteiger partial charge in [0.1, 0.15) is 5.75 Å². The predicted molar refractivity (Wildman–Crippen MR) is 74.4 cm³/mol. The van der Waals surface area contributed by atoms with E-state index in [1.165, 1.54) is 6.07 Å². The maximum Gasteiger partial charge on any atom is 0.387 e. The monoisotopic (exact) mass is 301 g/mol. The Labute approximate surface area is 123 Å². The van der Waals surface area contributed by atoms with E-state index in [0.29, 0.717) is 25.2 Å². The van der Waals surface area contributed by atoms with Crippen molar-refractivity contribution in [1.29, 1.82) is 0 Å². The second-order valence-electron chi connectivity index (χ2n) is 5.84. The average molecular weight is 301 g/mol. The van der Waals surface area contributed by atoms with Crippen LogP contribution in [0.15, 0.2) is 24.3 Å². The highest BCUT2D eigenvalue weighted by Gasteiger charge is 2.33. The highest BCUT2D eigenvalue weighted by molar-refractivity contribution is 5.33. The molecule has 0 amide bonds. The lowest BCUT2D eigenvalue weighted by atomic mass is 10.0. The third kappa shape index (κ3) is 4.62. The topological polar surface area (TPSA) is 41.9 Å². The maximum absolute atomic E-state index is 12.4. The van der Waals surface area contributed by atoms with Gasteiger partial charge in [-0.05, 0) is 19.9 Å². The number of hydrogen-bond donors (Lipinski definition) is 1. The van der Waals surface area contributed by atoms with E-state index in [-0.39, 0.29) is 24.1 Å². The molecule has 118 valence electrons. The molecule has 0 saturated carbocycles. The molecule has 0 radical (unpaired) electrons. The number of benzene rings is 1. The average Bonchev–Trinajstić information content (AvgIpc) is 2.38. The van der Waals surface area contributed by atoms with Gasteiger partial charge >= 0.3 is 6.61 Å². The van der Waals surface area contributed by atoms with E-state index in [4.69, 9.17) is 4.74 Å². The SMILES string of the molecule is CC1(C)CN(Cc2ccccc2OC(F)F)CC(CO)O1. The van der Waals surface area contributed by atoms with Gasteiger partial charge in [0.25, 0.3) is 0 Å². The number of morpholine rings is 1. The molecule has 1 unspecified atom stereocenters. The van der Waals surface area contributed by atoms with Gasteiger partial charge in [-0.3, -0.25) is 4.90 Å². The summed E-state index contributed by atoms with van der Waals surface area (Å²) in [5, 5.41) is 9.31. The number of ether oxygens (including phenoxy) is 2. The highest BCUT2D eigenvalue weighted by atomic mass is 19.3. The number of hydrogen-bond acceptors (Lipinski definition) is 4. The number of para-hydroxylation sites is 1. The van der Waals surface area contributed by atoms with Gasteiger partial charge in [-0.2, -0.15) is 8.78 Å². The third-order valence-corrected chi connectivity index (χ3v) is 3.34. The fourth-order valence-electron chi connectivity index (χ4n) is 2.72. The zero-order valence-electron chi connectivity index (χ0n) is 12.3. The fourth-order valence-corrected chi connectivity index (χ4v) is 2.72. The molecule has 2 rings (SSSR count). The molecule has 0 bridgehead atoms. The summed E-state index contributed by atoms with van der Waals surface area (Å²) < 4.78 is 35.2. The van der Waals surface area contributed by atoms with E-state index in [9.17, 15) is 13.9 Å². The van der Waals surface area contributed by atoms with E-state index < -0.39 is 6.61 Å². The standard InChI is InChI=1S/C15H21F2NO3/c1-15(2)10-18(8-12(9-19)21-15)7-11-5-3-4-6-13(11)20-14(16)17/h3-6,12,14,19H,7-10H2,1-2H3. The summed E-state index contributed by atoms with van der Waals surface area (Å²) in [6, 6.07) is 6.77. The molecule has 1 heterocycles. The zero-order valence-corrected chi connectivity index (χ0v) is 12.3. The molecular weight excluding hydrogens is 280 g/mol. The summed E-state index contributed by atoms with van der Waals surface area (Å²) >= 11 is 0. The van der Waals surface area contributed by atoms with Crippen LogP contribution < -0.4 is 4.74 Å². The summed E-state index contributed by atoms with van der Waals surface area (Å²) in [4.78, 5) is 2.08. The summed E-state index contributed by atoms with van der Waals surface area (Å²) in [6.45, 7) is 2.70. The molecule has 0 spiro atoms. The van der Waals surface area contributed by atoms with Crippen LogP contribution >= 0.6 is 0 Å². The van der Waals surface area contributed by atoms with Gasteiger partial charge in [-0.1, -0.05) is 18.2 Å². The van der Waals surface area contributed by atoms with Crippen molar-refractivity contribution in [3.05, 3.63) is 29.8 Å². The van der Waals surface area contributed by atoms with Gasteiger partial charge in [0.05, 0.1) is 18.3 Å². The molecular formula is C15H21F2NO3. The van der Waals surface area contributed by atoms with E-state index >= 15 is 0 Å². The number of nitrogens with zero attached hydrogens (tertiary/aromatic N) is 1. The first-order chi connectivity index (χ1) is 9.89. The lowest BCUT2D eigenvalue weighted by Gasteiger charge is -2.42. The van der Waals surface area contributed by atoms with Gasteiger partial charge in [-0.15, -0.1) is 0 Å². The summed E-state index contributed by atoms with van der Waals surface area (Å²) in [7, 11) is 0.